The number of hydrogen-bond acceptors (Lipinski definition) is 4. The Hall–Kier alpha value is -2.83. The van der Waals surface area contributed by atoms with E-state index >= 15 is 0 Å². The predicted molar refractivity (Wildman–Crippen MR) is 116 cm³/mol. The molecule has 1 atom stereocenters. The maximum absolute atomic E-state index is 13.0. The first kappa shape index (κ1) is 18.2. The molecule has 7 heteroatoms. The van der Waals surface area contributed by atoms with E-state index in [9.17, 15) is 4.79 Å². The van der Waals surface area contributed by atoms with Gasteiger partial charge in [-0.3, -0.25) is 9.20 Å². The second-order valence-corrected chi connectivity index (χ2v) is 7.89. The second-order valence-electron chi connectivity index (χ2n) is 7.45. The van der Waals surface area contributed by atoms with Gasteiger partial charge in [0.1, 0.15) is 17.2 Å². The number of H-pyrrole nitrogens is 1. The van der Waals surface area contributed by atoms with Crippen LogP contribution in [0.25, 0.3) is 27.8 Å². The Morgan fingerprint density at radius 2 is 2.24 bits per heavy atom. The van der Waals surface area contributed by atoms with Crippen molar-refractivity contribution in [2.45, 2.75) is 25.9 Å². The van der Waals surface area contributed by atoms with Crippen LogP contribution in [0.4, 0.5) is 5.82 Å². The lowest BCUT2D eigenvalue weighted by atomic mass is 10.1. The maximum atomic E-state index is 13.0. The highest BCUT2D eigenvalue weighted by Crippen LogP contribution is 2.30. The number of nitrogens with zero attached hydrogens (tertiary/aromatic N) is 2. The quantitative estimate of drug-likeness (QED) is 0.525. The largest absolute Gasteiger partial charge is 0.376 e. The molecule has 5 rings (SSSR count). The molecule has 1 aromatic carbocycles. The Balaban J connectivity index is 1.67. The van der Waals surface area contributed by atoms with Crippen molar-refractivity contribution in [1.29, 1.82) is 0 Å². The number of imidazole rings is 1. The third-order valence-electron chi connectivity index (χ3n) is 5.45. The van der Waals surface area contributed by atoms with Crippen LogP contribution in [-0.2, 0) is 4.74 Å². The molecule has 6 nitrogen and oxygen atoms in total. The zero-order valence-electron chi connectivity index (χ0n) is 16.0. The molecule has 148 valence electrons. The average molecular weight is 409 g/mol. The number of fused-ring (bicyclic) bond motifs is 2. The Kier molecular flexibility index (Phi) is 4.53. The van der Waals surface area contributed by atoms with Gasteiger partial charge in [0.15, 0.2) is 0 Å². The summed E-state index contributed by atoms with van der Waals surface area (Å²) in [5.41, 5.74) is 3.57. The first-order valence-corrected chi connectivity index (χ1v) is 10.1. The van der Waals surface area contributed by atoms with Gasteiger partial charge in [0.25, 0.3) is 5.56 Å². The molecular formula is C22H21ClN4O2. The van der Waals surface area contributed by atoms with Crippen molar-refractivity contribution in [2.75, 3.05) is 18.5 Å². The molecule has 1 saturated heterocycles. The molecule has 0 saturated carbocycles. The van der Waals surface area contributed by atoms with Crippen molar-refractivity contribution in [3.63, 3.8) is 0 Å². The van der Waals surface area contributed by atoms with Crippen molar-refractivity contribution in [3.05, 3.63) is 63.5 Å². The standard InChI is InChI=1S/C22H21ClN4O2/c1-13-4-2-5-14-10-17(22(28)26-19(13)14)20-21(24-11-16-6-3-9-29-16)27-12-15(23)7-8-18(27)25-20/h2,4-5,7-8,10,12,16,24H,3,6,9,11H2,1H3,(H,26,28)/t16-/m1/s1. The van der Waals surface area contributed by atoms with Gasteiger partial charge in [0.2, 0.25) is 0 Å². The van der Waals surface area contributed by atoms with Crippen LogP contribution >= 0.6 is 11.6 Å². The number of halogens is 1. The van der Waals surface area contributed by atoms with Crippen LogP contribution in [0, 0.1) is 6.92 Å². The molecule has 1 fully saturated rings. The van der Waals surface area contributed by atoms with E-state index in [1.165, 1.54) is 0 Å². The van der Waals surface area contributed by atoms with Gasteiger partial charge in [-0.05, 0) is 48.9 Å². The minimum Gasteiger partial charge on any atom is -0.376 e. The summed E-state index contributed by atoms with van der Waals surface area (Å²) in [7, 11) is 0. The summed E-state index contributed by atoms with van der Waals surface area (Å²) >= 11 is 6.23. The first-order chi connectivity index (χ1) is 14.1. The number of hydrogen-bond donors (Lipinski definition) is 2. The molecule has 3 aromatic heterocycles. The van der Waals surface area contributed by atoms with Crippen molar-refractivity contribution < 1.29 is 4.74 Å². The molecule has 0 aliphatic carbocycles. The number of aromatic amines is 1. The van der Waals surface area contributed by atoms with E-state index in [0.29, 0.717) is 22.8 Å². The number of benzene rings is 1. The molecule has 0 radical (unpaired) electrons. The fourth-order valence-corrected chi connectivity index (χ4v) is 4.11. The second kappa shape index (κ2) is 7.21. The lowest BCUT2D eigenvalue weighted by molar-refractivity contribution is 0.120. The summed E-state index contributed by atoms with van der Waals surface area (Å²) in [6, 6.07) is 11.5. The monoisotopic (exact) mass is 408 g/mol. The van der Waals surface area contributed by atoms with Gasteiger partial charge in [-0.2, -0.15) is 0 Å². The summed E-state index contributed by atoms with van der Waals surface area (Å²) in [4.78, 5) is 20.7. The van der Waals surface area contributed by atoms with E-state index in [0.717, 1.165) is 47.4 Å². The number of nitrogens with one attached hydrogen (secondary N) is 2. The minimum absolute atomic E-state index is 0.158. The van der Waals surface area contributed by atoms with Crippen molar-refractivity contribution in [3.8, 4) is 11.3 Å². The molecule has 1 aliphatic rings. The number of para-hydroxylation sites is 1. The molecule has 0 unspecified atom stereocenters. The maximum Gasteiger partial charge on any atom is 0.258 e. The summed E-state index contributed by atoms with van der Waals surface area (Å²) in [6.45, 7) is 3.43. The van der Waals surface area contributed by atoms with Crippen molar-refractivity contribution >= 4 is 34.0 Å². The lowest BCUT2D eigenvalue weighted by Gasteiger charge is -2.13. The molecule has 1 aliphatic heterocycles. The van der Waals surface area contributed by atoms with Gasteiger partial charge in [-0.25, -0.2) is 4.98 Å². The zero-order chi connectivity index (χ0) is 20.0. The van der Waals surface area contributed by atoms with Gasteiger partial charge < -0.3 is 15.0 Å². The van der Waals surface area contributed by atoms with Crippen molar-refractivity contribution in [2.24, 2.45) is 0 Å². The number of aryl methyl sites for hydroxylation is 1. The first-order valence-electron chi connectivity index (χ1n) is 9.76. The molecule has 4 heterocycles. The molecular weight excluding hydrogens is 388 g/mol. The highest BCUT2D eigenvalue weighted by atomic mass is 35.5. The van der Waals surface area contributed by atoms with Crippen LogP contribution in [0.3, 0.4) is 0 Å². The van der Waals surface area contributed by atoms with Crippen LogP contribution in [0.5, 0.6) is 0 Å². The summed E-state index contributed by atoms with van der Waals surface area (Å²) in [5.74, 6) is 0.746. The Morgan fingerprint density at radius 3 is 3.07 bits per heavy atom. The minimum atomic E-state index is -0.165. The van der Waals surface area contributed by atoms with E-state index < -0.39 is 0 Å². The number of ether oxygens (including phenoxy) is 1. The average Bonchev–Trinajstić information content (AvgIpc) is 3.34. The fraction of sp³-hybridized carbons (Fsp3) is 0.273. The number of anilines is 1. The highest BCUT2D eigenvalue weighted by Gasteiger charge is 2.21. The van der Waals surface area contributed by atoms with Gasteiger partial charge in [0, 0.05) is 19.3 Å². The summed E-state index contributed by atoms with van der Waals surface area (Å²) in [5, 5.41) is 5.03. The normalized spacial score (nSPS) is 16.7. The molecule has 2 N–H and O–H groups in total. The van der Waals surface area contributed by atoms with E-state index in [2.05, 4.69) is 10.3 Å². The molecule has 0 bridgehead atoms. The summed E-state index contributed by atoms with van der Waals surface area (Å²) in [6.07, 6.45) is 4.06. The van der Waals surface area contributed by atoms with Crippen molar-refractivity contribution in [1.82, 2.24) is 14.4 Å². The Morgan fingerprint density at radius 1 is 1.34 bits per heavy atom. The molecule has 0 amide bonds. The topological polar surface area (TPSA) is 71.4 Å². The third kappa shape index (κ3) is 3.28. The molecule has 29 heavy (non-hydrogen) atoms. The fourth-order valence-electron chi connectivity index (χ4n) is 3.95. The van der Waals surface area contributed by atoms with Crippen LogP contribution in [0.15, 0.2) is 47.4 Å². The number of pyridine rings is 2. The smallest absolute Gasteiger partial charge is 0.258 e. The number of rotatable bonds is 4. The van der Waals surface area contributed by atoms with Gasteiger partial charge >= 0.3 is 0 Å². The SMILES string of the molecule is Cc1cccc2cc(-c3nc4ccc(Cl)cn4c3NC[C@H]3CCCO3)c(=O)[nH]c12. The van der Waals surface area contributed by atoms with Gasteiger partial charge in [-0.1, -0.05) is 29.8 Å². The lowest BCUT2D eigenvalue weighted by Crippen LogP contribution is -2.20. The number of aromatic nitrogens is 3. The van der Waals surface area contributed by atoms with Gasteiger partial charge in [0.05, 0.1) is 22.2 Å². The predicted octanol–water partition coefficient (Wildman–Crippen LogP) is 4.40. The Bertz CT molecular complexity index is 1270. The van der Waals surface area contributed by atoms with E-state index in [1.807, 2.05) is 47.9 Å². The Labute approximate surface area is 172 Å². The van der Waals surface area contributed by atoms with E-state index in [4.69, 9.17) is 21.3 Å². The highest BCUT2D eigenvalue weighted by molar-refractivity contribution is 6.30. The van der Waals surface area contributed by atoms with Crippen LogP contribution in [0.1, 0.15) is 18.4 Å². The van der Waals surface area contributed by atoms with Crippen LogP contribution in [0.2, 0.25) is 5.02 Å². The van der Waals surface area contributed by atoms with E-state index in [-0.39, 0.29) is 11.7 Å². The van der Waals surface area contributed by atoms with E-state index in [1.54, 1.807) is 6.07 Å². The van der Waals surface area contributed by atoms with Gasteiger partial charge in [-0.15, -0.1) is 0 Å². The molecule has 4 aromatic rings. The molecule has 0 spiro atoms. The summed E-state index contributed by atoms with van der Waals surface area (Å²) < 4.78 is 7.64. The van der Waals surface area contributed by atoms with Crippen LogP contribution < -0.4 is 10.9 Å². The third-order valence-corrected chi connectivity index (χ3v) is 5.67. The van der Waals surface area contributed by atoms with Crippen LogP contribution in [-0.4, -0.2) is 33.6 Å². The zero-order valence-corrected chi connectivity index (χ0v) is 16.8.